The van der Waals surface area contributed by atoms with Crippen molar-refractivity contribution >= 4 is 18.0 Å². The highest BCUT2D eigenvalue weighted by molar-refractivity contribution is 5.97. The van der Waals surface area contributed by atoms with Crippen molar-refractivity contribution in [3.05, 3.63) is 41.6 Å². The van der Waals surface area contributed by atoms with Crippen molar-refractivity contribution in [2.75, 3.05) is 0 Å². The van der Waals surface area contributed by atoms with Gasteiger partial charge in [-0.05, 0) is 25.5 Å². The number of benzene rings is 1. The molecule has 0 aliphatic carbocycles. The first kappa shape index (κ1) is 14.0. The van der Waals surface area contributed by atoms with E-state index in [4.69, 9.17) is 4.74 Å². The Morgan fingerprint density at radius 2 is 1.83 bits per heavy atom. The number of nitrogens with one attached hydrogen (secondary N) is 1. The third-order valence-electron chi connectivity index (χ3n) is 1.98. The fourth-order valence-electron chi connectivity index (χ4n) is 1.33. The zero-order chi connectivity index (χ0) is 13.5. The Morgan fingerprint density at radius 1 is 1.22 bits per heavy atom. The Labute approximate surface area is 107 Å². The number of hydrogen-bond donors (Lipinski definition) is 1. The topological polar surface area (TPSA) is 55.4 Å². The molecule has 96 valence electrons. The average molecular weight is 247 g/mol. The van der Waals surface area contributed by atoms with E-state index in [1.807, 2.05) is 30.3 Å². The van der Waals surface area contributed by atoms with Crippen LogP contribution in [0.4, 0.5) is 0 Å². The van der Waals surface area contributed by atoms with Gasteiger partial charge in [0.25, 0.3) is 0 Å². The van der Waals surface area contributed by atoms with Gasteiger partial charge in [0.05, 0.1) is 6.10 Å². The van der Waals surface area contributed by atoms with Crippen LogP contribution in [-0.2, 0) is 14.3 Å². The normalized spacial score (nSPS) is 11.2. The number of carbonyl (C=O) groups is 2. The molecule has 1 aromatic rings. The Balaban J connectivity index is 2.94. The van der Waals surface area contributed by atoms with Gasteiger partial charge in [-0.15, -0.1) is 0 Å². The predicted molar refractivity (Wildman–Crippen MR) is 69.5 cm³/mol. The van der Waals surface area contributed by atoms with Gasteiger partial charge in [0.15, 0.2) is 0 Å². The third kappa shape index (κ3) is 4.82. The summed E-state index contributed by atoms with van der Waals surface area (Å²) in [6.07, 6.45) is 1.36. The minimum absolute atomic E-state index is 0.141. The first-order valence-electron chi connectivity index (χ1n) is 5.74. The van der Waals surface area contributed by atoms with Gasteiger partial charge in [-0.1, -0.05) is 30.3 Å². The summed E-state index contributed by atoms with van der Waals surface area (Å²) < 4.78 is 5.06. The van der Waals surface area contributed by atoms with Crippen LogP contribution in [0.5, 0.6) is 0 Å². The van der Waals surface area contributed by atoms with E-state index < -0.39 is 5.97 Å². The van der Waals surface area contributed by atoms with Crippen LogP contribution in [0.3, 0.4) is 0 Å². The molecule has 0 radical (unpaired) electrons. The highest BCUT2D eigenvalue weighted by atomic mass is 16.5. The van der Waals surface area contributed by atoms with Crippen LogP contribution in [-0.4, -0.2) is 18.0 Å². The second kappa shape index (κ2) is 6.59. The summed E-state index contributed by atoms with van der Waals surface area (Å²) in [5.41, 5.74) is 0.962. The molecule has 1 amide bonds. The van der Waals surface area contributed by atoms with Crippen molar-refractivity contribution in [2.45, 2.75) is 26.9 Å². The number of carbonyl (C=O) groups excluding carboxylic acids is 2. The van der Waals surface area contributed by atoms with Crippen LogP contribution >= 0.6 is 0 Å². The minimum atomic E-state index is -0.538. The average Bonchev–Trinajstić information content (AvgIpc) is 2.28. The minimum Gasteiger partial charge on any atom is -0.458 e. The molecule has 0 bridgehead atoms. The van der Waals surface area contributed by atoms with E-state index in [0.717, 1.165) is 5.56 Å². The van der Waals surface area contributed by atoms with Crippen molar-refractivity contribution in [2.24, 2.45) is 0 Å². The molecule has 1 N–H and O–H groups in total. The quantitative estimate of drug-likeness (QED) is 0.655. The summed E-state index contributed by atoms with van der Waals surface area (Å²) in [5.74, 6) is -0.845. The lowest BCUT2D eigenvalue weighted by Crippen LogP contribution is -2.27. The highest BCUT2D eigenvalue weighted by Crippen LogP contribution is 2.07. The van der Waals surface area contributed by atoms with E-state index in [2.05, 4.69) is 5.32 Å². The summed E-state index contributed by atoms with van der Waals surface area (Å²) in [5, 5.41) is 2.48. The molecule has 18 heavy (non-hydrogen) atoms. The SMILES string of the molecule is CC(=O)NC(=Cc1ccccc1)C(=O)OC(C)C. The summed E-state index contributed by atoms with van der Waals surface area (Å²) in [7, 11) is 0. The van der Waals surface area contributed by atoms with E-state index in [0.29, 0.717) is 0 Å². The standard InChI is InChI=1S/C14H17NO3/c1-10(2)18-14(17)13(15-11(3)16)9-12-7-5-4-6-8-12/h4-10H,1-3H3,(H,15,16). The maximum absolute atomic E-state index is 11.8. The van der Waals surface area contributed by atoms with Gasteiger partial charge in [0, 0.05) is 6.92 Å². The van der Waals surface area contributed by atoms with E-state index in [9.17, 15) is 9.59 Å². The van der Waals surface area contributed by atoms with Crippen LogP contribution in [0.2, 0.25) is 0 Å². The van der Waals surface area contributed by atoms with Crippen molar-refractivity contribution in [3.8, 4) is 0 Å². The molecule has 1 aromatic carbocycles. The number of ether oxygens (including phenoxy) is 1. The molecule has 0 heterocycles. The van der Waals surface area contributed by atoms with E-state index in [-0.39, 0.29) is 17.7 Å². The van der Waals surface area contributed by atoms with Gasteiger partial charge >= 0.3 is 5.97 Å². The second-order valence-corrected chi connectivity index (χ2v) is 4.10. The van der Waals surface area contributed by atoms with Crippen molar-refractivity contribution in [1.82, 2.24) is 5.32 Å². The molecule has 0 saturated carbocycles. The van der Waals surface area contributed by atoms with Crippen LogP contribution in [0, 0.1) is 0 Å². The third-order valence-corrected chi connectivity index (χ3v) is 1.98. The van der Waals surface area contributed by atoms with Crippen LogP contribution in [0.25, 0.3) is 6.08 Å². The highest BCUT2D eigenvalue weighted by Gasteiger charge is 2.14. The Hall–Kier alpha value is -2.10. The number of amides is 1. The maximum atomic E-state index is 11.8. The van der Waals surface area contributed by atoms with Crippen molar-refractivity contribution < 1.29 is 14.3 Å². The largest absolute Gasteiger partial charge is 0.458 e. The lowest BCUT2D eigenvalue weighted by Gasteiger charge is -2.11. The first-order valence-corrected chi connectivity index (χ1v) is 5.74. The fraction of sp³-hybridized carbons (Fsp3) is 0.286. The summed E-state index contributed by atoms with van der Waals surface area (Å²) in [6, 6.07) is 9.26. The van der Waals surface area contributed by atoms with Gasteiger partial charge < -0.3 is 10.1 Å². The molecule has 0 unspecified atom stereocenters. The van der Waals surface area contributed by atoms with E-state index in [1.165, 1.54) is 6.92 Å². The molecule has 1 rings (SSSR count). The first-order chi connectivity index (χ1) is 8.49. The zero-order valence-corrected chi connectivity index (χ0v) is 10.8. The van der Waals surface area contributed by atoms with Crippen molar-refractivity contribution in [3.63, 3.8) is 0 Å². The van der Waals surface area contributed by atoms with Gasteiger partial charge in [-0.2, -0.15) is 0 Å². The molecular formula is C14H17NO3. The van der Waals surface area contributed by atoms with Crippen molar-refractivity contribution in [1.29, 1.82) is 0 Å². The fourth-order valence-corrected chi connectivity index (χ4v) is 1.33. The second-order valence-electron chi connectivity index (χ2n) is 4.10. The summed E-state index contributed by atoms with van der Waals surface area (Å²) in [6.45, 7) is 4.86. The molecule has 0 atom stereocenters. The Kier molecular flexibility index (Phi) is 5.11. The van der Waals surface area contributed by atoms with E-state index in [1.54, 1.807) is 19.9 Å². The molecule has 0 aliphatic rings. The van der Waals surface area contributed by atoms with Gasteiger partial charge in [0.2, 0.25) is 5.91 Å². The molecule has 0 saturated heterocycles. The molecule has 4 heteroatoms. The predicted octanol–water partition coefficient (Wildman–Crippen LogP) is 2.12. The monoisotopic (exact) mass is 247 g/mol. The Morgan fingerprint density at radius 3 is 2.33 bits per heavy atom. The summed E-state index contributed by atoms with van der Waals surface area (Å²) in [4.78, 5) is 22.9. The number of esters is 1. The lowest BCUT2D eigenvalue weighted by molar-refractivity contribution is -0.143. The van der Waals surface area contributed by atoms with Gasteiger partial charge in [-0.3, -0.25) is 4.79 Å². The summed E-state index contributed by atoms with van der Waals surface area (Å²) >= 11 is 0. The molecule has 4 nitrogen and oxygen atoms in total. The molecular weight excluding hydrogens is 230 g/mol. The van der Waals surface area contributed by atoms with Crippen LogP contribution in [0.15, 0.2) is 36.0 Å². The Bertz CT molecular complexity index is 449. The van der Waals surface area contributed by atoms with E-state index >= 15 is 0 Å². The number of hydrogen-bond acceptors (Lipinski definition) is 3. The maximum Gasteiger partial charge on any atom is 0.355 e. The molecule has 0 fully saturated rings. The smallest absolute Gasteiger partial charge is 0.355 e. The molecule has 0 aliphatic heterocycles. The number of rotatable bonds is 4. The van der Waals surface area contributed by atoms with Gasteiger partial charge in [-0.25, -0.2) is 4.79 Å². The lowest BCUT2D eigenvalue weighted by atomic mass is 10.2. The van der Waals surface area contributed by atoms with Crippen LogP contribution in [0.1, 0.15) is 26.3 Å². The van der Waals surface area contributed by atoms with Gasteiger partial charge in [0.1, 0.15) is 5.70 Å². The molecule has 0 aromatic heterocycles. The molecule has 0 spiro atoms. The zero-order valence-electron chi connectivity index (χ0n) is 10.8. The van der Waals surface area contributed by atoms with Crippen LogP contribution < -0.4 is 5.32 Å².